The Balaban J connectivity index is 1.81. The van der Waals surface area contributed by atoms with Crippen LogP contribution in [-0.2, 0) is 16.0 Å². The smallest absolute Gasteiger partial charge is 0.228 e. The summed E-state index contributed by atoms with van der Waals surface area (Å²) in [7, 11) is 0. The fraction of sp³-hybridized carbons (Fsp3) is 0.375. The van der Waals surface area contributed by atoms with Gasteiger partial charge >= 0.3 is 0 Å². The van der Waals surface area contributed by atoms with Crippen molar-refractivity contribution in [1.82, 2.24) is 9.88 Å². The van der Waals surface area contributed by atoms with Crippen molar-refractivity contribution in [2.24, 2.45) is 0 Å². The topological polar surface area (TPSA) is 42.4 Å². The zero-order chi connectivity index (χ0) is 15.5. The Labute approximate surface area is 132 Å². The minimum atomic E-state index is -0.276. The van der Waals surface area contributed by atoms with Gasteiger partial charge in [-0.15, -0.1) is 11.3 Å². The number of morpholine rings is 1. The second-order valence-electron chi connectivity index (χ2n) is 5.18. The summed E-state index contributed by atoms with van der Waals surface area (Å²) in [4.78, 5) is 19.7. The van der Waals surface area contributed by atoms with Gasteiger partial charge in [-0.3, -0.25) is 4.79 Å². The Morgan fingerprint density at radius 1 is 1.32 bits per heavy atom. The van der Waals surface area contributed by atoms with Crippen LogP contribution in [0.1, 0.15) is 9.88 Å². The van der Waals surface area contributed by atoms with E-state index in [1.54, 1.807) is 12.1 Å². The molecule has 4 nitrogen and oxygen atoms in total. The van der Waals surface area contributed by atoms with Crippen molar-refractivity contribution in [2.45, 2.75) is 13.3 Å². The number of thiazole rings is 1. The van der Waals surface area contributed by atoms with Gasteiger partial charge in [0.15, 0.2) is 0 Å². The monoisotopic (exact) mass is 320 g/mol. The van der Waals surface area contributed by atoms with E-state index in [0.29, 0.717) is 32.7 Å². The molecule has 1 saturated heterocycles. The van der Waals surface area contributed by atoms with Gasteiger partial charge in [0.25, 0.3) is 0 Å². The molecule has 2 heterocycles. The van der Waals surface area contributed by atoms with Crippen molar-refractivity contribution < 1.29 is 13.9 Å². The first-order chi connectivity index (χ1) is 10.6. The minimum absolute atomic E-state index is 0.0929. The number of benzene rings is 1. The molecule has 0 unspecified atom stereocenters. The maximum Gasteiger partial charge on any atom is 0.228 e. The highest BCUT2D eigenvalue weighted by Crippen LogP contribution is 2.29. The van der Waals surface area contributed by atoms with Crippen LogP contribution in [-0.4, -0.2) is 42.1 Å². The van der Waals surface area contributed by atoms with Crippen LogP contribution < -0.4 is 0 Å². The van der Waals surface area contributed by atoms with E-state index < -0.39 is 0 Å². The fourth-order valence-electron chi connectivity index (χ4n) is 2.48. The van der Waals surface area contributed by atoms with Crippen molar-refractivity contribution >= 4 is 17.2 Å². The Morgan fingerprint density at radius 3 is 2.68 bits per heavy atom. The predicted octanol–water partition coefficient (Wildman–Crippen LogP) is 2.66. The largest absolute Gasteiger partial charge is 0.378 e. The molecule has 0 atom stereocenters. The van der Waals surface area contributed by atoms with Gasteiger partial charge in [-0.1, -0.05) is 0 Å². The third-order valence-electron chi connectivity index (χ3n) is 3.60. The van der Waals surface area contributed by atoms with Crippen molar-refractivity contribution in [3.05, 3.63) is 40.0 Å². The molecule has 0 saturated carbocycles. The first-order valence-corrected chi connectivity index (χ1v) is 8.03. The van der Waals surface area contributed by atoms with E-state index in [0.717, 1.165) is 21.1 Å². The van der Waals surface area contributed by atoms with Crippen LogP contribution in [0.4, 0.5) is 4.39 Å². The van der Waals surface area contributed by atoms with Crippen molar-refractivity contribution in [3.8, 4) is 11.3 Å². The average Bonchev–Trinajstić information content (AvgIpc) is 2.89. The highest BCUT2D eigenvalue weighted by molar-refractivity contribution is 7.12. The van der Waals surface area contributed by atoms with Gasteiger partial charge in [-0.05, 0) is 31.2 Å². The van der Waals surface area contributed by atoms with Crippen LogP contribution in [0.2, 0.25) is 0 Å². The molecule has 1 fully saturated rings. The number of amides is 1. The van der Waals surface area contributed by atoms with Gasteiger partial charge in [0.2, 0.25) is 5.91 Å². The van der Waals surface area contributed by atoms with Crippen LogP contribution in [0.25, 0.3) is 11.3 Å². The van der Waals surface area contributed by atoms with E-state index in [2.05, 4.69) is 4.98 Å². The number of aryl methyl sites for hydroxylation is 1. The molecule has 0 spiro atoms. The first-order valence-electron chi connectivity index (χ1n) is 7.21. The molecule has 3 rings (SSSR count). The van der Waals surface area contributed by atoms with Crippen LogP contribution in [0.5, 0.6) is 0 Å². The van der Waals surface area contributed by atoms with E-state index in [-0.39, 0.29) is 11.7 Å². The summed E-state index contributed by atoms with van der Waals surface area (Å²) < 4.78 is 18.3. The second-order valence-corrected chi connectivity index (χ2v) is 6.47. The number of nitrogens with zero attached hydrogens (tertiary/aromatic N) is 2. The number of carbonyl (C=O) groups excluding carboxylic acids is 1. The summed E-state index contributed by atoms with van der Waals surface area (Å²) in [6.07, 6.45) is 0.332. The summed E-state index contributed by atoms with van der Waals surface area (Å²) in [6.45, 7) is 4.39. The average molecular weight is 320 g/mol. The van der Waals surface area contributed by atoms with Crippen molar-refractivity contribution in [1.29, 1.82) is 0 Å². The van der Waals surface area contributed by atoms with E-state index >= 15 is 0 Å². The lowest BCUT2D eigenvalue weighted by Gasteiger charge is -2.26. The van der Waals surface area contributed by atoms with Crippen LogP contribution in [0.3, 0.4) is 0 Å². The molecule has 2 aromatic rings. The number of aromatic nitrogens is 1. The summed E-state index contributed by atoms with van der Waals surface area (Å²) in [5, 5.41) is 0.907. The molecular weight excluding hydrogens is 303 g/mol. The summed E-state index contributed by atoms with van der Waals surface area (Å²) in [5.41, 5.74) is 1.62. The molecule has 0 aliphatic carbocycles. The Kier molecular flexibility index (Phi) is 4.49. The van der Waals surface area contributed by atoms with Crippen LogP contribution in [0, 0.1) is 12.7 Å². The molecule has 22 heavy (non-hydrogen) atoms. The number of hydrogen-bond acceptors (Lipinski definition) is 4. The Hall–Kier alpha value is -1.79. The second kappa shape index (κ2) is 6.54. The number of carbonyl (C=O) groups is 1. The zero-order valence-corrected chi connectivity index (χ0v) is 13.2. The normalized spacial score (nSPS) is 15.1. The van der Waals surface area contributed by atoms with Gasteiger partial charge in [-0.25, -0.2) is 9.37 Å². The van der Waals surface area contributed by atoms with Crippen molar-refractivity contribution in [2.75, 3.05) is 26.3 Å². The molecule has 1 aromatic heterocycles. The van der Waals surface area contributed by atoms with E-state index in [4.69, 9.17) is 4.74 Å². The van der Waals surface area contributed by atoms with E-state index in [1.807, 2.05) is 11.8 Å². The highest BCUT2D eigenvalue weighted by Gasteiger charge is 2.20. The fourth-order valence-corrected chi connectivity index (χ4v) is 3.43. The lowest BCUT2D eigenvalue weighted by Crippen LogP contribution is -2.41. The molecule has 6 heteroatoms. The molecular formula is C16H17FN2O2S. The summed E-state index contributed by atoms with van der Waals surface area (Å²) >= 11 is 1.52. The minimum Gasteiger partial charge on any atom is -0.378 e. The third-order valence-corrected chi connectivity index (χ3v) is 4.57. The van der Waals surface area contributed by atoms with Gasteiger partial charge in [0.05, 0.1) is 30.3 Å². The molecule has 1 aliphatic heterocycles. The van der Waals surface area contributed by atoms with E-state index in [1.165, 1.54) is 23.5 Å². The van der Waals surface area contributed by atoms with Gasteiger partial charge < -0.3 is 9.64 Å². The lowest BCUT2D eigenvalue weighted by molar-refractivity contribution is -0.134. The number of halogens is 1. The predicted molar refractivity (Wildman–Crippen MR) is 83.3 cm³/mol. The van der Waals surface area contributed by atoms with Crippen molar-refractivity contribution in [3.63, 3.8) is 0 Å². The number of rotatable bonds is 3. The summed E-state index contributed by atoms with van der Waals surface area (Å²) in [6, 6.07) is 6.23. The molecule has 0 radical (unpaired) electrons. The Bertz CT molecular complexity index is 663. The van der Waals surface area contributed by atoms with Crippen LogP contribution >= 0.6 is 11.3 Å². The van der Waals surface area contributed by atoms with Crippen LogP contribution in [0.15, 0.2) is 24.3 Å². The SMILES string of the molecule is Cc1nc(-c2ccc(F)cc2)c(CC(=O)N2CCOCC2)s1. The molecule has 0 N–H and O–H groups in total. The molecule has 0 bridgehead atoms. The first kappa shape index (κ1) is 15.1. The molecule has 1 aromatic carbocycles. The molecule has 116 valence electrons. The highest BCUT2D eigenvalue weighted by atomic mass is 32.1. The maximum atomic E-state index is 13.1. The summed E-state index contributed by atoms with van der Waals surface area (Å²) in [5.74, 6) is -0.183. The van der Waals surface area contributed by atoms with Gasteiger partial charge in [0, 0.05) is 23.5 Å². The third kappa shape index (κ3) is 3.34. The number of ether oxygens (including phenoxy) is 1. The van der Waals surface area contributed by atoms with Gasteiger partial charge in [-0.2, -0.15) is 0 Å². The maximum absolute atomic E-state index is 13.1. The van der Waals surface area contributed by atoms with E-state index in [9.17, 15) is 9.18 Å². The quantitative estimate of drug-likeness (QED) is 0.873. The standard InChI is InChI=1S/C16H17FN2O2S/c1-11-18-16(12-2-4-13(17)5-3-12)14(22-11)10-15(20)19-6-8-21-9-7-19/h2-5H,6-10H2,1H3. The molecule has 1 amide bonds. The zero-order valence-electron chi connectivity index (χ0n) is 12.3. The number of hydrogen-bond donors (Lipinski definition) is 0. The Morgan fingerprint density at radius 2 is 2.00 bits per heavy atom. The molecule has 1 aliphatic rings. The van der Waals surface area contributed by atoms with Gasteiger partial charge in [0.1, 0.15) is 5.82 Å². The lowest BCUT2D eigenvalue weighted by atomic mass is 10.1.